The van der Waals surface area contributed by atoms with Gasteiger partial charge in [-0.05, 0) is 43.4 Å². The highest BCUT2D eigenvalue weighted by Crippen LogP contribution is 2.40. The van der Waals surface area contributed by atoms with Crippen molar-refractivity contribution in [1.82, 2.24) is 0 Å². The summed E-state index contributed by atoms with van der Waals surface area (Å²) in [5, 5.41) is 10.3. The summed E-state index contributed by atoms with van der Waals surface area (Å²) in [5.74, 6) is 1.33. The smallest absolute Gasteiger partial charge is 0.118 e. The summed E-state index contributed by atoms with van der Waals surface area (Å²) in [4.78, 5) is 0. The molecule has 0 saturated heterocycles. The number of hydrogen-bond acceptors (Lipinski definition) is 3. The van der Waals surface area contributed by atoms with E-state index in [9.17, 15) is 5.11 Å². The van der Waals surface area contributed by atoms with Gasteiger partial charge in [-0.15, -0.1) is 0 Å². The molecule has 2 atom stereocenters. The summed E-state index contributed by atoms with van der Waals surface area (Å²) >= 11 is 0. The van der Waals surface area contributed by atoms with Crippen molar-refractivity contribution in [2.75, 3.05) is 13.7 Å². The van der Waals surface area contributed by atoms with E-state index in [4.69, 9.17) is 9.47 Å². The van der Waals surface area contributed by atoms with Gasteiger partial charge < -0.3 is 14.6 Å². The van der Waals surface area contributed by atoms with E-state index in [0.29, 0.717) is 12.5 Å². The normalized spacial score (nSPS) is 18.8. The lowest BCUT2D eigenvalue weighted by atomic mass is 10.0. The Hall–Kier alpha value is -1.06. The molecule has 0 aliphatic heterocycles. The van der Waals surface area contributed by atoms with E-state index in [1.165, 1.54) is 0 Å². The Labute approximate surface area is 102 Å². The van der Waals surface area contributed by atoms with Crippen molar-refractivity contribution in [3.05, 3.63) is 29.8 Å². The number of hydrogen-bond donors (Lipinski definition) is 1. The van der Waals surface area contributed by atoms with Crippen molar-refractivity contribution in [3.8, 4) is 5.75 Å². The zero-order valence-corrected chi connectivity index (χ0v) is 10.4. The van der Waals surface area contributed by atoms with Gasteiger partial charge in [0.05, 0.1) is 13.2 Å². The van der Waals surface area contributed by atoms with Gasteiger partial charge in [0.15, 0.2) is 0 Å². The average molecular weight is 236 g/mol. The van der Waals surface area contributed by atoms with E-state index in [1.807, 2.05) is 31.2 Å². The molecule has 1 aliphatic rings. The van der Waals surface area contributed by atoms with E-state index in [-0.39, 0.29) is 6.10 Å². The van der Waals surface area contributed by atoms with Crippen LogP contribution in [0.5, 0.6) is 5.75 Å². The van der Waals surface area contributed by atoms with Gasteiger partial charge in [0.2, 0.25) is 0 Å². The van der Waals surface area contributed by atoms with E-state index in [1.54, 1.807) is 7.11 Å². The molecule has 2 rings (SSSR count). The highest BCUT2D eigenvalue weighted by molar-refractivity contribution is 5.29. The lowest BCUT2D eigenvalue weighted by Gasteiger charge is -2.23. The summed E-state index contributed by atoms with van der Waals surface area (Å²) in [7, 11) is 1.64. The fraction of sp³-hybridized carbons (Fsp3) is 0.571. The quantitative estimate of drug-likeness (QED) is 0.825. The van der Waals surface area contributed by atoms with Crippen LogP contribution in [0.3, 0.4) is 0 Å². The SMILES string of the molecule is CCOC(C1CC1)C(O)c1ccc(OC)cc1. The zero-order valence-electron chi connectivity index (χ0n) is 10.4. The Balaban J connectivity index is 2.07. The molecule has 2 unspecified atom stereocenters. The van der Waals surface area contributed by atoms with E-state index >= 15 is 0 Å². The fourth-order valence-electron chi connectivity index (χ4n) is 2.09. The molecule has 0 heterocycles. The van der Waals surface area contributed by atoms with Gasteiger partial charge >= 0.3 is 0 Å². The minimum absolute atomic E-state index is 0.0617. The maximum Gasteiger partial charge on any atom is 0.118 e. The highest BCUT2D eigenvalue weighted by Gasteiger charge is 2.37. The molecule has 94 valence electrons. The van der Waals surface area contributed by atoms with Crippen LogP contribution in [0.15, 0.2) is 24.3 Å². The molecule has 1 saturated carbocycles. The number of aliphatic hydroxyl groups excluding tert-OH is 1. The van der Waals surface area contributed by atoms with Gasteiger partial charge in [-0.25, -0.2) is 0 Å². The van der Waals surface area contributed by atoms with Gasteiger partial charge in [-0.3, -0.25) is 0 Å². The third-order valence-corrected chi connectivity index (χ3v) is 3.21. The van der Waals surface area contributed by atoms with Crippen LogP contribution in [0.25, 0.3) is 0 Å². The van der Waals surface area contributed by atoms with Gasteiger partial charge in [0, 0.05) is 6.61 Å². The molecule has 0 aromatic heterocycles. The summed E-state index contributed by atoms with van der Waals surface area (Å²) < 4.78 is 10.8. The summed E-state index contributed by atoms with van der Waals surface area (Å²) in [6, 6.07) is 7.54. The van der Waals surface area contributed by atoms with Crippen LogP contribution >= 0.6 is 0 Å². The second-order valence-electron chi connectivity index (χ2n) is 4.48. The lowest BCUT2D eigenvalue weighted by Crippen LogP contribution is -2.24. The lowest BCUT2D eigenvalue weighted by molar-refractivity contribution is -0.0462. The fourth-order valence-corrected chi connectivity index (χ4v) is 2.09. The van der Waals surface area contributed by atoms with Crippen molar-refractivity contribution < 1.29 is 14.6 Å². The highest BCUT2D eigenvalue weighted by atomic mass is 16.5. The molecule has 1 aromatic rings. The Morgan fingerprint density at radius 1 is 1.29 bits per heavy atom. The molecular formula is C14H20O3. The Bertz CT molecular complexity index is 343. The van der Waals surface area contributed by atoms with Crippen LogP contribution < -0.4 is 4.74 Å². The first-order chi connectivity index (χ1) is 8.26. The van der Waals surface area contributed by atoms with E-state index < -0.39 is 6.10 Å². The van der Waals surface area contributed by atoms with E-state index in [0.717, 1.165) is 24.2 Å². The van der Waals surface area contributed by atoms with Crippen molar-refractivity contribution in [3.63, 3.8) is 0 Å². The minimum Gasteiger partial charge on any atom is -0.497 e. The molecule has 1 aliphatic carbocycles. The number of rotatable bonds is 6. The van der Waals surface area contributed by atoms with Crippen molar-refractivity contribution in [2.45, 2.75) is 32.0 Å². The number of benzene rings is 1. The Morgan fingerprint density at radius 3 is 2.41 bits per heavy atom. The monoisotopic (exact) mass is 236 g/mol. The average Bonchev–Trinajstić information content (AvgIpc) is 3.19. The number of aliphatic hydroxyl groups is 1. The number of methoxy groups -OCH3 is 1. The van der Waals surface area contributed by atoms with E-state index in [2.05, 4.69) is 0 Å². The third kappa shape index (κ3) is 2.99. The maximum atomic E-state index is 10.3. The summed E-state index contributed by atoms with van der Waals surface area (Å²) in [6.45, 7) is 2.62. The number of ether oxygens (including phenoxy) is 2. The summed E-state index contributed by atoms with van der Waals surface area (Å²) in [6.07, 6.45) is 1.73. The minimum atomic E-state index is -0.534. The van der Waals surface area contributed by atoms with Gasteiger partial charge in [0.25, 0.3) is 0 Å². The van der Waals surface area contributed by atoms with Gasteiger partial charge in [-0.2, -0.15) is 0 Å². The molecule has 1 N–H and O–H groups in total. The van der Waals surface area contributed by atoms with Crippen molar-refractivity contribution >= 4 is 0 Å². The van der Waals surface area contributed by atoms with Crippen molar-refractivity contribution in [1.29, 1.82) is 0 Å². The first-order valence-electron chi connectivity index (χ1n) is 6.20. The molecule has 0 bridgehead atoms. The molecule has 17 heavy (non-hydrogen) atoms. The Kier molecular flexibility index (Phi) is 4.02. The first-order valence-corrected chi connectivity index (χ1v) is 6.20. The molecule has 0 radical (unpaired) electrons. The van der Waals surface area contributed by atoms with Gasteiger partial charge in [0.1, 0.15) is 11.9 Å². The predicted molar refractivity (Wildman–Crippen MR) is 66.1 cm³/mol. The topological polar surface area (TPSA) is 38.7 Å². The zero-order chi connectivity index (χ0) is 12.3. The third-order valence-electron chi connectivity index (χ3n) is 3.21. The maximum absolute atomic E-state index is 10.3. The predicted octanol–water partition coefficient (Wildman–Crippen LogP) is 2.54. The second-order valence-corrected chi connectivity index (χ2v) is 4.48. The van der Waals surface area contributed by atoms with Crippen molar-refractivity contribution in [2.24, 2.45) is 5.92 Å². The molecular weight excluding hydrogens is 216 g/mol. The molecule has 3 heteroatoms. The van der Waals surface area contributed by atoms with Crippen LogP contribution in [0.2, 0.25) is 0 Å². The molecule has 1 aromatic carbocycles. The molecule has 0 spiro atoms. The largest absolute Gasteiger partial charge is 0.497 e. The van der Waals surface area contributed by atoms with Crippen LogP contribution in [0.1, 0.15) is 31.4 Å². The Morgan fingerprint density at radius 2 is 1.94 bits per heavy atom. The molecule has 1 fully saturated rings. The second kappa shape index (κ2) is 5.52. The van der Waals surface area contributed by atoms with Crippen LogP contribution in [0, 0.1) is 5.92 Å². The summed E-state index contributed by atoms with van der Waals surface area (Å²) in [5.41, 5.74) is 0.899. The van der Waals surface area contributed by atoms with Crippen LogP contribution in [-0.2, 0) is 4.74 Å². The molecule has 3 nitrogen and oxygen atoms in total. The van der Waals surface area contributed by atoms with Crippen LogP contribution in [-0.4, -0.2) is 24.9 Å². The molecule has 0 amide bonds. The standard InChI is InChI=1S/C14H20O3/c1-3-17-14(11-4-5-11)13(15)10-6-8-12(16-2)9-7-10/h6-9,11,13-15H,3-5H2,1-2H3. The van der Waals surface area contributed by atoms with Gasteiger partial charge in [-0.1, -0.05) is 12.1 Å². The van der Waals surface area contributed by atoms with Crippen LogP contribution in [0.4, 0.5) is 0 Å². The first kappa shape index (κ1) is 12.4.